The SMILES string of the molecule is COCCCNC(=O)c1cc2c(=O)n3ccccc3nc2[n+](Cc2ccccc2)c1N. The number of nitrogen functional groups attached to an aromatic ring is 1. The molecule has 0 aliphatic heterocycles. The summed E-state index contributed by atoms with van der Waals surface area (Å²) in [5.74, 6) is -0.0809. The van der Waals surface area contributed by atoms with E-state index in [0.717, 1.165) is 5.56 Å². The molecule has 0 aliphatic carbocycles. The van der Waals surface area contributed by atoms with E-state index in [1.165, 1.54) is 10.5 Å². The van der Waals surface area contributed by atoms with Gasteiger partial charge in [0.15, 0.2) is 0 Å². The molecule has 0 atom stereocenters. The number of nitrogens with zero attached hydrogens (tertiary/aromatic N) is 3. The number of nitrogens with two attached hydrogens (primary N) is 1. The van der Waals surface area contributed by atoms with Crippen LogP contribution in [-0.4, -0.2) is 35.6 Å². The van der Waals surface area contributed by atoms with Crippen LogP contribution in [0.4, 0.5) is 5.82 Å². The molecule has 8 nitrogen and oxygen atoms in total. The highest BCUT2D eigenvalue weighted by molar-refractivity contribution is 6.00. The van der Waals surface area contributed by atoms with Crippen LogP contribution < -0.4 is 21.2 Å². The Balaban J connectivity index is 1.89. The van der Waals surface area contributed by atoms with Gasteiger partial charge in [-0.1, -0.05) is 41.4 Å². The highest BCUT2D eigenvalue weighted by atomic mass is 16.5. The van der Waals surface area contributed by atoms with Crippen molar-refractivity contribution in [2.24, 2.45) is 0 Å². The fraction of sp³-hybridized carbons (Fsp3) is 0.217. The van der Waals surface area contributed by atoms with Gasteiger partial charge >= 0.3 is 0 Å². The smallest absolute Gasteiger partial charge is 0.278 e. The normalized spacial score (nSPS) is 11.1. The minimum atomic E-state index is -0.338. The molecule has 0 unspecified atom stereocenters. The Morgan fingerprint density at radius 3 is 2.74 bits per heavy atom. The van der Waals surface area contributed by atoms with E-state index in [4.69, 9.17) is 10.5 Å². The number of anilines is 1. The van der Waals surface area contributed by atoms with Crippen molar-refractivity contribution in [2.45, 2.75) is 13.0 Å². The number of pyridine rings is 2. The molecule has 1 aromatic carbocycles. The van der Waals surface area contributed by atoms with Crippen molar-refractivity contribution >= 4 is 28.4 Å². The third-order valence-electron chi connectivity index (χ3n) is 5.10. The van der Waals surface area contributed by atoms with Crippen LogP contribution in [0.3, 0.4) is 0 Å². The Kier molecular flexibility index (Phi) is 5.90. The molecule has 1 amide bonds. The number of nitrogens with one attached hydrogen (secondary N) is 1. The van der Waals surface area contributed by atoms with Gasteiger partial charge in [0.25, 0.3) is 17.1 Å². The van der Waals surface area contributed by atoms with Crippen LogP contribution in [0.25, 0.3) is 16.7 Å². The number of amides is 1. The maximum atomic E-state index is 13.2. The van der Waals surface area contributed by atoms with Gasteiger partial charge < -0.3 is 15.8 Å². The molecular weight excluding hydrogens is 394 g/mol. The van der Waals surface area contributed by atoms with E-state index in [0.29, 0.717) is 42.8 Å². The summed E-state index contributed by atoms with van der Waals surface area (Å²) in [5, 5.41) is 3.17. The number of carbonyl (C=O) groups excluding carboxylic acids is 1. The Labute approximate surface area is 178 Å². The second-order valence-electron chi connectivity index (χ2n) is 7.20. The van der Waals surface area contributed by atoms with Crippen LogP contribution in [0, 0.1) is 0 Å². The van der Waals surface area contributed by atoms with Crippen molar-refractivity contribution in [1.29, 1.82) is 0 Å². The molecule has 0 spiro atoms. The first-order chi connectivity index (χ1) is 15.1. The molecule has 0 saturated heterocycles. The third kappa shape index (κ3) is 4.10. The van der Waals surface area contributed by atoms with Gasteiger partial charge in [-0.2, -0.15) is 0 Å². The summed E-state index contributed by atoms with van der Waals surface area (Å²) in [6.45, 7) is 1.36. The predicted octanol–water partition coefficient (Wildman–Crippen LogP) is 1.53. The molecular formula is C23H24N5O3+. The number of methoxy groups -OCH3 is 1. The molecule has 3 N–H and O–H groups in total. The maximum absolute atomic E-state index is 13.2. The molecule has 0 bridgehead atoms. The van der Waals surface area contributed by atoms with Gasteiger partial charge in [-0.15, -0.1) is 0 Å². The fourth-order valence-electron chi connectivity index (χ4n) is 3.52. The largest absolute Gasteiger partial charge is 0.385 e. The first-order valence-electron chi connectivity index (χ1n) is 10.0. The number of benzene rings is 1. The second-order valence-corrected chi connectivity index (χ2v) is 7.20. The average Bonchev–Trinajstić information content (AvgIpc) is 2.79. The zero-order chi connectivity index (χ0) is 21.8. The van der Waals surface area contributed by atoms with Crippen LogP contribution in [0.1, 0.15) is 22.3 Å². The standard InChI is InChI=1S/C23H23N5O3/c1-31-13-7-11-25-22(29)17-14-18-21(26-19-10-5-6-12-27(19)23(18)30)28(20(17)24)15-16-8-3-2-4-9-16/h2-6,8-10,12,14,24H,7,11,13,15H2,1H3,(H,25,29)/p+1. The van der Waals surface area contributed by atoms with Gasteiger partial charge in [-0.3, -0.25) is 14.0 Å². The van der Waals surface area contributed by atoms with Crippen molar-refractivity contribution in [2.75, 3.05) is 26.0 Å². The quantitative estimate of drug-likeness (QED) is 0.269. The van der Waals surface area contributed by atoms with E-state index in [-0.39, 0.29) is 22.8 Å². The van der Waals surface area contributed by atoms with Crippen LogP contribution >= 0.6 is 0 Å². The lowest BCUT2D eigenvalue weighted by Crippen LogP contribution is -2.43. The van der Waals surface area contributed by atoms with E-state index < -0.39 is 0 Å². The number of ether oxygens (including phenoxy) is 1. The average molecular weight is 418 g/mol. The van der Waals surface area contributed by atoms with Crippen molar-refractivity contribution < 1.29 is 14.1 Å². The number of aromatic nitrogens is 3. The minimum Gasteiger partial charge on any atom is -0.385 e. The summed E-state index contributed by atoms with van der Waals surface area (Å²) >= 11 is 0. The lowest BCUT2D eigenvalue weighted by atomic mass is 10.1. The van der Waals surface area contributed by atoms with Crippen LogP contribution in [0.2, 0.25) is 0 Å². The zero-order valence-corrected chi connectivity index (χ0v) is 17.2. The molecule has 158 valence electrons. The number of rotatable bonds is 7. The molecule has 3 heterocycles. The van der Waals surface area contributed by atoms with Crippen molar-refractivity contribution in [1.82, 2.24) is 14.7 Å². The van der Waals surface area contributed by atoms with Gasteiger partial charge in [0.1, 0.15) is 10.9 Å². The molecule has 3 aromatic heterocycles. The first kappa shape index (κ1) is 20.5. The fourth-order valence-corrected chi connectivity index (χ4v) is 3.52. The minimum absolute atomic E-state index is 0.246. The number of hydrogen-bond acceptors (Lipinski definition) is 5. The molecule has 0 fully saturated rings. The monoisotopic (exact) mass is 418 g/mol. The lowest BCUT2D eigenvalue weighted by Gasteiger charge is -2.12. The molecule has 4 rings (SSSR count). The summed E-state index contributed by atoms with van der Waals surface area (Å²) in [6, 6.07) is 16.6. The first-order valence-corrected chi connectivity index (χ1v) is 10.0. The number of fused-ring (bicyclic) bond motifs is 2. The van der Waals surface area contributed by atoms with Crippen LogP contribution in [-0.2, 0) is 11.3 Å². The lowest BCUT2D eigenvalue weighted by molar-refractivity contribution is -0.649. The summed E-state index contributed by atoms with van der Waals surface area (Å²) in [4.78, 5) is 30.8. The molecule has 0 aliphatic rings. The van der Waals surface area contributed by atoms with Gasteiger partial charge in [-0.25, -0.2) is 4.57 Å². The van der Waals surface area contributed by atoms with Gasteiger partial charge in [0, 0.05) is 26.5 Å². The second kappa shape index (κ2) is 8.93. The molecule has 4 aromatic rings. The molecule has 31 heavy (non-hydrogen) atoms. The van der Waals surface area contributed by atoms with Gasteiger partial charge in [0.05, 0.1) is 6.54 Å². The zero-order valence-electron chi connectivity index (χ0n) is 17.2. The van der Waals surface area contributed by atoms with E-state index >= 15 is 0 Å². The summed E-state index contributed by atoms with van der Waals surface area (Å²) in [7, 11) is 1.61. The van der Waals surface area contributed by atoms with Gasteiger partial charge in [0.2, 0.25) is 11.5 Å². The maximum Gasteiger partial charge on any atom is 0.278 e. The van der Waals surface area contributed by atoms with Crippen molar-refractivity contribution in [3.05, 3.63) is 82.3 Å². The summed E-state index contributed by atoms with van der Waals surface area (Å²) < 4.78 is 8.21. The van der Waals surface area contributed by atoms with Crippen LogP contribution in [0.5, 0.6) is 0 Å². The Hall–Kier alpha value is -3.78. The van der Waals surface area contributed by atoms with Gasteiger partial charge in [-0.05, 0) is 30.2 Å². The molecule has 0 radical (unpaired) electrons. The van der Waals surface area contributed by atoms with Crippen LogP contribution in [0.15, 0.2) is 65.6 Å². The van der Waals surface area contributed by atoms with E-state index in [9.17, 15) is 9.59 Å². The van der Waals surface area contributed by atoms with Crippen molar-refractivity contribution in [3.8, 4) is 0 Å². The Morgan fingerprint density at radius 1 is 1.19 bits per heavy atom. The summed E-state index contributed by atoms with van der Waals surface area (Å²) in [5.41, 5.74) is 8.37. The molecule has 0 saturated carbocycles. The number of hydrogen-bond donors (Lipinski definition) is 2. The topological polar surface area (TPSA) is 103 Å². The summed E-state index contributed by atoms with van der Waals surface area (Å²) in [6.07, 6.45) is 2.33. The predicted molar refractivity (Wildman–Crippen MR) is 118 cm³/mol. The Morgan fingerprint density at radius 2 is 1.97 bits per heavy atom. The Bertz CT molecular complexity index is 1300. The number of carbonyl (C=O) groups is 1. The third-order valence-corrected chi connectivity index (χ3v) is 5.10. The highest BCUT2D eigenvalue weighted by Gasteiger charge is 2.24. The van der Waals surface area contributed by atoms with E-state index in [2.05, 4.69) is 10.3 Å². The molecule has 8 heteroatoms. The highest BCUT2D eigenvalue weighted by Crippen LogP contribution is 2.15. The van der Waals surface area contributed by atoms with Crippen molar-refractivity contribution in [3.63, 3.8) is 0 Å². The van der Waals surface area contributed by atoms with E-state index in [1.807, 2.05) is 36.4 Å². The van der Waals surface area contributed by atoms with E-state index in [1.54, 1.807) is 30.0 Å².